The SMILES string of the molecule is COc1ccc(C(=O)NCC2(C(=O)O)CCCCC2)cc1OC(F)F. The summed E-state index contributed by atoms with van der Waals surface area (Å²) in [4.78, 5) is 23.9. The minimum absolute atomic E-state index is 0.00175. The number of alkyl halides is 2. The average molecular weight is 357 g/mol. The molecule has 0 heterocycles. The maximum atomic E-state index is 12.5. The number of methoxy groups -OCH3 is 1. The van der Waals surface area contributed by atoms with Crippen LogP contribution in [-0.4, -0.2) is 37.2 Å². The summed E-state index contributed by atoms with van der Waals surface area (Å²) in [6.45, 7) is -3.05. The Hall–Kier alpha value is -2.38. The largest absolute Gasteiger partial charge is 0.493 e. The predicted octanol–water partition coefficient (Wildman–Crippen LogP) is 3.06. The number of aliphatic carboxylic acids is 1. The van der Waals surface area contributed by atoms with Crippen molar-refractivity contribution >= 4 is 11.9 Å². The summed E-state index contributed by atoms with van der Waals surface area (Å²) < 4.78 is 34.2. The van der Waals surface area contributed by atoms with Crippen molar-refractivity contribution in [3.8, 4) is 11.5 Å². The fourth-order valence-electron chi connectivity index (χ4n) is 3.05. The molecular weight excluding hydrogens is 336 g/mol. The van der Waals surface area contributed by atoms with E-state index in [2.05, 4.69) is 10.1 Å². The summed E-state index contributed by atoms with van der Waals surface area (Å²) in [7, 11) is 1.30. The van der Waals surface area contributed by atoms with Gasteiger partial charge in [-0.25, -0.2) is 0 Å². The molecule has 1 amide bonds. The van der Waals surface area contributed by atoms with Crippen LogP contribution in [0.15, 0.2) is 18.2 Å². The van der Waals surface area contributed by atoms with Gasteiger partial charge in [-0.2, -0.15) is 8.78 Å². The van der Waals surface area contributed by atoms with Crippen LogP contribution in [0.25, 0.3) is 0 Å². The monoisotopic (exact) mass is 357 g/mol. The van der Waals surface area contributed by atoms with Crippen LogP contribution in [0.5, 0.6) is 11.5 Å². The Kier molecular flexibility index (Phi) is 6.17. The van der Waals surface area contributed by atoms with Crippen LogP contribution in [0.3, 0.4) is 0 Å². The molecule has 0 spiro atoms. The first-order chi connectivity index (χ1) is 11.9. The van der Waals surface area contributed by atoms with Crippen LogP contribution in [0.2, 0.25) is 0 Å². The Labute approximate surface area is 144 Å². The molecule has 0 atom stereocenters. The Balaban J connectivity index is 2.10. The van der Waals surface area contributed by atoms with E-state index in [-0.39, 0.29) is 23.6 Å². The molecule has 8 heteroatoms. The molecule has 1 aliphatic rings. The molecule has 2 rings (SSSR count). The molecule has 25 heavy (non-hydrogen) atoms. The first-order valence-electron chi connectivity index (χ1n) is 8.02. The molecule has 2 N–H and O–H groups in total. The van der Waals surface area contributed by atoms with Crippen LogP contribution in [0.4, 0.5) is 8.78 Å². The van der Waals surface area contributed by atoms with E-state index in [0.717, 1.165) is 25.3 Å². The van der Waals surface area contributed by atoms with Crippen LogP contribution >= 0.6 is 0 Å². The van der Waals surface area contributed by atoms with Crippen molar-refractivity contribution in [3.05, 3.63) is 23.8 Å². The van der Waals surface area contributed by atoms with E-state index in [1.54, 1.807) is 0 Å². The summed E-state index contributed by atoms with van der Waals surface area (Å²) >= 11 is 0. The molecule has 1 saturated carbocycles. The predicted molar refractivity (Wildman–Crippen MR) is 85.1 cm³/mol. The second-order valence-electron chi connectivity index (χ2n) is 6.07. The van der Waals surface area contributed by atoms with Crippen molar-refractivity contribution in [3.63, 3.8) is 0 Å². The molecule has 0 saturated heterocycles. The highest BCUT2D eigenvalue weighted by atomic mass is 19.3. The van der Waals surface area contributed by atoms with E-state index in [0.29, 0.717) is 12.8 Å². The first-order valence-corrected chi connectivity index (χ1v) is 8.02. The van der Waals surface area contributed by atoms with E-state index >= 15 is 0 Å². The fourth-order valence-corrected chi connectivity index (χ4v) is 3.05. The van der Waals surface area contributed by atoms with Gasteiger partial charge in [0.1, 0.15) is 0 Å². The van der Waals surface area contributed by atoms with Crippen molar-refractivity contribution in [2.45, 2.75) is 38.7 Å². The molecule has 0 bridgehead atoms. The molecule has 1 aromatic rings. The number of halogens is 2. The van der Waals surface area contributed by atoms with Crippen molar-refractivity contribution in [2.24, 2.45) is 5.41 Å². The van der Waals surface area contributed by atoms with Gasteiger partial charge in [0.15, 0.2) is 11.5 Å². The highest BCUT2D eigenvalue weighted by Crippen LogP contribution is 2.36. The summed E-state index contributed by atoms with van der Waals surface area (Å²) in [5, 5.41) is 12.1. The fraction of sp³-hybridized carbons (Fsp3) is 0.529. The number of hydrogen-bond acceptors (Lipinski definition) is 4. The second-order valence-corrected chi connectivity index (χ2v) is 6.07. The Bertz CT molecular complexity index is 629. The number of carbonyl (C=O) groups excluding carboxylic acids is 1. The molecule has 6 nitrogen and oxygen atoms in total. The van der Waals surface area contributed by atoms with E-state index in [1.807, 2.05) is 0 Å². The maximum Gasteiger partial charge on any atom is 0.387 e. The number of benzene rings is 1. The number of rotatable bonds is 7. The zero-order valence-electron chi connectivity index (χ0n) is 13.9. The van der Waals surface area contributed by atoms with Crippen molar-refractivity contribution in [1.29, 1.82) is 0 Å². The molecule has 0 aromatic heterocycles. The number of carboxylic acids is 1. The molecule has 0 unspecified atom stereocenters. The topological polar surface area (TPSA) is 84.9 Å². The van der Waals surface area contributed by atoms with Crippen LogP contribution in [-0.2, 0) is 4.79 Å². The summed E-state index contributed by atoms with van der Waals surface area (Å²) in [6, 6.07) is 3.90. The van der Waals surface area contributed by atoms with Gasteiger partial charge in [-0.15, -0.1) is 0 Å². The lowest BCUT2D eigenvalue weighted by atomic mass is 9.74. The number of ether oxygens (including phenoxy) is 2. The van der Waals surface area contributed by atoms with Gasteiger partial charge in [0.25, 0.3) is 5.91 Å². The van der Waals surface area contributed by atoms with E-state index in [9.17, 15) is 23.5 Å². The van der Waals surface area contributed by atoms with Gasteiger partial charge in [-0.3, -0.25) is 9.59 Å². The maximum absolute atomic E-state index is 12.5. The minimum atomic E-state index is -3.05. The molecular formula is C17H21F2NO5. The minimum Gasteiger partial charge on any atom is -0.493 e. The number of carboxylic acid groups (broad SMARTS) is 1. The zero-order valence-corrected chi connectivity index (χ0v) is 13.9. The lowest BCUT2D eigenvalue weighted by molar-refractivity contribution is -0.150. The Morgan fingerprint density at radius 1 is 1.24 bits per heavy atom. The van der Waals surface area contributed by atoms with Crippen molar-refractivity contribution < 1.29 is 33.0 Å². The number of carbonyl (C=O) groups is 2. The van der Waals surface area contributed by atoms with Gasteiger partial charge in [0.2, 0.25) is 0 Å². The van der Waals surface area contributed by atoms with Crippen LogP contribution in [0.1, 0.15) is 42.5 Å². The Morgan fingerprint density at radius 2 is 1.92 bits per heavy atom. The van der Waals surface area contributed by atoms with Gasteiger partial charge in [0.05, 0.1) is 12.5 Å². The highest BCUT2D eigenvalue weighted by molar-refractivity contribution is 5.95. The highest BCUT2D eigenvalue weighted by Gasteiger charge is 2.39. The molecule has 1 fully saturated rings. The standard InChI is InChI=1S/C17H21F2NO5/c1-24-12-6-5-11(9-13(12)25-16(18)19)14(21)20-10-17(15(22)23)7-3-2-4-8-17/h5-6,9,16H,2-4,7-8,10H2,1H3,(H,20,21)(H,22,23). The molecule has 1 aromatic carbocycles. The third-order valence-electron chi connectivity index (χ3n) is 4.49. The summed E-state index contributed by atoms with van der Waals surface area (Å²) in [5.41, 5.74) is -0.879. The number of nitrogens with one attached hydrogen (secondary N) is 1. The van der Waals surface area contributed by atoms with Crippen LogP contribution < -0.4 is 14.8 Å². The Morgan fingerprint density at radius 3 is 2.48 bits per heavy atom. The first kappa shape index (κ1) is 19.0. The quantitative estimate of drug-likeness (QED) is 0.783. The number of hydrogen-bond donors (Lipinski definition) is 2. The summed E-state index contributed by atoms with van der Waals surface area (Å²) in [6.07, 6.45) is 3.60. The van der Waals surface area contributed by atoms with Gasteiger partial charge >= 0.3 is 12.6 Å². The summed E-state index contributed by atoms with van der Waals surface area (Å²) in [5.74, 6) is -1.65. The van der Waals surface area contributed by atoms with Gasteiger partial charge in [-0.05, 0) is 31.0 Å². The zero-order chi connectivity index (χ0) is 18.4. The van der Waals surface area contributed by atoms with Gasteiger partial charge in [0, 0.05) is 12.1 Å². The molecule has 138 valence electrons. The van der Waals surface area contributed by atoms with Crippen molar-refractivity contribution in [2.75, 3.05) is 13.7 Å². The van der Waals surface area contributed by atoms with Gasteiger partial charge < -0.3 is 19.9 Å². The van der Waals surface area contributed by atoms with E-state index in [4.69, 9.17) is 4.74 Å². The third kappa shape index (κ3) is 4.58. The lowest BCUT2D eigenvalue weighted by Crippen LogP contribution is -2.44. The molecule has 0 radical (unpaired) electrons. The van der Waals surface area contributed by atoms with Crippen LogP contribution in [0, 0.1) is 5.41 Å². The number of amides is 1. The second kappa shape index (κ2) is 8.13. The van der Waals surface area contributed by atoms with Gasteiger partial charge in [-0.1, -0.05) is 19.3 Å². The van der Waals surface area contributed by atoms with E-state index < -0.39 is 23.9 Å². The molecule has 1 aliphatic carbocycles. The smallest absolute Gasteiger partial charge is 0.387 e. The molecule has 0 aliphatic heterocycles. The lowest BCUT2D eigenvalue weighted by Gasteiger charge is -2.33. The van der Waals surface area contributed by atoms with Crippen molar-refractivity contribution in [1.82, 2.24) is 5.32 Å². The average Bonchev–Trinajstić information content (AvgIpc) is 2.59. The third-order valence-corrected chi connectivity index (χ3v) is 4.49. The normalized spacial score (nSPS) is 16.3. The van der Waals surface area contributed by atoms with E-state index in [1.165, 1.54) is 19.2 Å².